The second-order valence-corrected chi connectivity index (χ2v) is 5.07. The number of aryl methyl sites for hydroxylation is 2. The molecule has 2 N–H and O–H groups in total. The van der Waals surface area contributed by atoms with Crippen molar-refractivity contribution in [1.82, 2.24) is 30.5 Å². The Labute approximate surface area is 115 Å². The molecule has 0 atom stereocenters. The van der Waals surface area contributed by atoms with E-state index >= 15 is 0 Å². The van der Waals surface area contributed by atoms with Crippen molar-refractivity contribution in [2.24, 2.45) is 0 Å². The van der Waals surface area contributed by atoms with Gasteiger partial charge in [0.1, 0.15) is 5.03 Å². The third kappa shape index (κ3) is 4.40. The van der Waals surface area contributed by atoms with Crippen molar-refractivity contribution in [2.75, 3.05) is 12.3 Å². The summed E-state index contributed by atoms with van der Waals surface area (Å²) in [6.07, 6.45) is 3.84. The first-order valence-corrected chi connectivity index (χ1v) is 6.98. The van der Waals surface area contributed by atoms with Gasteiger partial charge in [-0.05, 0) is 13.0 Å². The topological polar surface area (TPSA) is 88.5 Å². The van der Waals surface area contributed by atoms with Crippen LogP contribution in [-0.4, -0.2) is 43.4 Å². The van der Waals surface area contributed by atoms with Gasteiger partial charge in [0.2, 0.25) is 5.91 Å². The van der Waals surface area contributed by atoms with Crippen molar-refractivity contribution in [3.8, 4) is 0 Å². The third-order valence-corrected chi connectivity index (χ3v) is 3.45. The first-order chi connectivity index (χ1) is 9.25. The van der Waals surface area contributed by atoms with Gasteiger partial charge in [-0.3, -0.25) is 9.48 Å². The van der Waals surface area contributed by atoms with Gasteiger partial charge in [-0.2, -0.15) is 15.4 Å². The second kappa shape index (κ2) is 6.93. The van der Waals surface area contributed by atoms with Crippen molar-refractivity contribution < 1.29 is 4.79 Å². The SMILES string of the molecule is Cc1ccnn1CCC(=O)NCCSc1cn[nH]n1. The van der Waals surface area contributed by atoms with Crippen molar-refractivity contribution in [3.63, 3.8) is 0 Å². The molecule has 0 aromatic carbocycles. The molecule has 19 heavy (non-hydrogen) atoms. The van der Waals surface area contributed by atoms with Gasteiger partial charge in [-0.25, -0.2) is 0 Å². The molecule has 7 nitrogen and oxygen atoms in total. The molecule has 1 amide bonds. The molecule has 0 spiro atoms. The van der Waals surface area contributed by atoms with Crippen LogP contribution in [0.15, 0.2) is 23.5 Å². The Balaban J connectivity index is 1.58. The maximum atomic E-state index is 11.6. The summed E-state index contributed by atoms with van der Waals surface area (Å²) in [5.74, 6) is 0.814. The number of H-pyrrole nitrogens is 1. The Hall–Kier alpha value is -1.83. The summed E-state index contributed by atoms with van der Waals surface area (Å²) in [6.45, 7) is 3.20. The number of hydrogen-bond acceptors (Lipinski definition) is 5. The molecule has 0 saturated heterocycles. The molecular weight excluding hydrogens is 264 g/mol. The Kier molecular flexibility index (Phi) is 4.96. The van der Waals surface area contributed by atoms with E-state index in [9.17, 15) is 4.79 Å². The number of aromatic amines is 1. The Morgan fingerprint density at radius 3 is 3.16 bits per heavy atom. The monoisotopic (exact) mass is 280 g/mol. The van der Waals surface area contributed by atoms with E-state index in [0.717, 1.165) is 16.5 Å². The van der Waals surface area contributed by atoms with E-state index in [1.54, 1.807) is 24.2 Å². The van der Waals surface area contributed by atoms with Gasteiger partial charge in [0.05, 0.1) is 6.20 Å². The quantitative estimate of drug-likeness (QED) is 0.573. The largest absolute Gasteiger partial charge is 0.355 e. The molecule has 0 fully saturated rings. The summed E-state index contributed by atoms with van der Waals surface area (Å²) in [5.41, 5.74) is 1.06. The van der Waals surface area contributed by atoms with Crippen LogP contribution in [0.25, 0.3) is 0 Å². The molecule has 0 aliphatic rings. The molecule has 0 unspecified atom stereocenters. The van der Waals surface area contributed by atoms with Gasteiger partial charge >= 0.3 is 0 Å². The highest BCUT2D eigenvalue weighted by Crippen LogP contribution is 2.10. The van der Waals surface area contributed by atoms with Crippen LogP contribution >= 0.6 is 11.8 Å². The van der Waals surface area contributed by atoms with Crippen molar-refractivity contribution in [2.45, 2.75) is 24.9 Å². The van der Waals surface area contributed by atoms with E-state index in [-0.39, 0.29) is 5.91 Å². The van der Waals surface area contributed by atoms with Crippen LogP contribution in [0.3, 0.4) is 0 Å². The van der Waals surface area contributed by atoms with E-state index in [2.05, 4.69) is 25.8 Å². The van der Waals surface area contributed by atoms with E-state index in [1.807, 2.05) is 17.7 Å². The summed E-state index contributed by atoms with van der Waals surface area (Å²) in [5, 5.41) is 18.0. The fraction of sp³-hybridized carbons (Fsp3) is 0.455. The average molecular weight is 280 g/mol. The van der Waals surface area contributed by atoms with E-state index in [4.69, 9.17) is 0 Å². The Morgan fingerprint density at radius 2 is 2.47 bits per heavy atom. The Morgan fingerprint density at radius 1 is 1.58 bits per heavy atom. The number of hydrogen-bond donors (Lipinski definition) is 2. The second-order valence-electron chi connectivity index (χ2n) is 3.95. The highest BCUT2D eigenvalue weighted by Gasteiger charge is 2.03. The van der Waals surface area contributed by atoms with Crippen LogP contribution in [0.5, 0.6) is 0 Å². The smallest absolute Gasteiger partial charge is 0.221 e. The lowest BCUT2D eigenvalue weighted by Crippen LogP contribution is -2.26. The number of thioether (sulfide) groups is 1. The highest BCUT2D eigenvalue weighted by atomic mass is 32.2. The summed E-state index contributed by atoms with van der Waals surface area (Å²) >= 11 is 1.55. The number of nitrogens with zero attached hydrogens (tertiary/aromatic N) is 4. The van der Waals surface area contributed by atoms with Gasteiger partial charge in [-0.1, -0.05) is 0 Å². The summed E-state index contributed by atoms with van der Waals surface area (Å²) in [7, 11) is 0. The minimum absolute atomic E-state index is 0.0376. The van der Waals surface area contributed by atoms with Crippen molar-refractivity contribution in [3.05, 3.63) is 24.2 Å². The standard InChI is InChI=1S/C11H16N6OS/c1-9-2-4-14-17(9)6-3-10(18)12-5-7-19-11-8-13-16-15-11/h2,4,8H,3,5-7H2,1H3,(H,12,18)(H,13,15,16). The lowest BCUT2D eigenvalue weighted by molar-refractivity contribution is -0.121. The molecule has 102 valence electrons. The maximum absolute atomic E-state index is 11.6. The fourth-order valence-electron chi connectivity index (χ4n) is 1.54. The number of carbonyl (C=O) groups excluding carboxylic acids is 1. The van der Waals surface area contributed by atoms with Crippen LogP contribution in [0.1, 0.15) is 12.1 Å². The van der Waals surface area contributed by atoms with Crippen LogP contribution in [-0.2, 0) is 11.3 Å². The number of aromatic nitrogens is 5. The minimum atomic E-state index is 0.0376. The number of carbonyl (C=O) groups is 1. The molecule has 2 aromatic heterocycles. The zero-order valence-electron chi connectivity index (χ0n) is 10.7. The molecular formula is C11H16N6OS. The molecule has 0 radical (unpaired) electrons. The van der Waals surface area contributed by atoms with Crippen molar-refractivity contribution in [1.29, 1.82) is 0 Å². The van der Waals surface area contributed by atoms with Crippen LogP contribution in [0.2, 0.25) is 0 Å². The molecule has 0 saturated carbocycles. The summed E-state index contributed by atoms with van der Waals surface area (Å²) < 4.78 is 1.82. The van der Waals surface area contributed by atoms with Gasteiger partial charge in [0.15, 0.2) is 0 Å². The van der Waals surface area contributed by atoms with E-state index < -0.39 is 0 Å². The molecule has 2 rings (SSSR count). The average Bonchev–Trinajstić information content (AvgIpc) is 3.04. The third-order valence-electron chi connectivity index (χ3n) is 2.55. The zero-order valence-corrected chi connectivity index (χ0v) is 11.5. The minimum Gasteiger partial charge on any atom is -0.355 e. The molecule has 2 aromatic rings. The molecule has 0 bridgehead atoms. The number of nitrogens with one attached hydrogen (secondary N) is 2. The predicted octanol–water partition coefficient (Wildman–Crippen LogP) is 0.608. The van der Waals surface area contributed by atoms with Crippen LogP contribution in [0.4, 0.5) is 0 Å². The molecule has 2 heterocycles. The first-order valence-electron chi connectivity index (χ1n) is 5.99. The molecule has 0 aliphatic heterocycles. The van der Waals surface area contributed by atoms with Crippen molar-refractivity contribution >= 4 is 17.7 Å². The van der Waals surface area contributed by atoms with Gasteiger partial charge in [-0.15, -0.1) is 16.9 Å². The van der Waals surface area contributed by atoms with Crippen LogP contribution < -0.4 is 5.32 Å². The highest BCUT2D eigenvalue weighted by molar-refractivity contribution is 7.99. The molecule has 0 aliphatic carbocycles. The predicted molar refractivity (Wildman–Crippen MR) is 71.7 cm³/mol. The van der Waals surface area contributed by atoms with Gasteiger partial charge < -0.3 is 5.32 Å². The van der Waals surface area contributed by atoms with Gasteiger partial charge in [0.25, 0.3) is 0 Å². The normalized spacial score (nSPS) is 10.6. The summed E-state index contributed by atoms with van der Waals surface area (Å²) in [6, 6.07) is 1.92. The van der Waals surface area contributed by atoms with Gasteiger partial charge in [0, 0.05) is 37.2 Å². The number of rotatable bonds is 7. The first kappa shape index (κ1) is 13.6. The number of amides is 1. The molecule has 8 heteroatoms. The lowest BCUT2D eigenvalue weighted by Gasteiger charge is -2.05. The Bertz CT molecular complexity index is 509. The lowest BCUT2D eigenvalue weighted by atomic mass is 10.4. The summed E-state index contributed by atoms with van der Waals surface area (Å²) in [4.78, 5) is 11.6. The van der Waals surface area contributed by atoms with E-state index in [1.165, 1.54) is 0 Å². The van der Waals surface area contributed by atoms with E-state index in [0.29, 0.717) is 19.5 Å². The van der Waals surface area contributed by atoms with Crippen LogP contribution in [0, 0.1) is 6.92 Å². The maximum Gasteiger partial charge on any atom is 0.221 e. The zero-order chi connectivity index (χ0) is 13.5. The fourth-order valence-corrected chi connectivity index (χ4v) is 2.18.